The molecule has 8 heteroatoms. The summed E-state index contributed by atoms with van der Waals surface area (Å²) in [5.41, 5.74) is 0.500. The summed E-state index contributed by atoms with van der Waals surface area (Å²) in [6.07, 6.45) is -1.18. The zero-order valence-corrected chi connectivity index (χ0v) is 18.5. The molecule has 2 unspecified atom stereocenters. The minimum atomic E-state index is -0.451. The van der Waals surface area contributed by atoms with Gasteiger partial charge in [-0.15, -0.1) is 0 Å². The summed E-state index contributed by atoms with van der Waals surface area (Å²) in [4.78, 5) is 23.9. The number of carbonyl (C=O) groups excluding carboxylic acids is 2. The van der Waals surface area contributed by atoms with Gasteiger partial charge in [-0.05, 0) is 25.5 Å². The molecule has 0 amide bonds. The Bertz CT molecular complexity index is 724. The molecule has 8 nitrogen and oxygen atoms in total. The van der Waals surface area contributed by atoms with Crippen LogP contribution in [0.4, 0.5) is 0 Å². The van der Waals surface area contributed by atoms with Gasteiger partial charge in [0.1, 0.15) is 25.1 Å². The van der Waals surface area contributed by atoms with Gasteiger partial charge in [0.25, 0.3) is 0 Å². The Hall–Kier alpha value is -2.00. The lowest BCUT2D eigenvalue weighted by Crippen LogP contribution is -2.37. The highest BCUT2D eigenvalue weighted by atomic mass is 16.7. The quantitative estimate of drug-likeness (QED) is 0.332. The van der Waals surface area contributed by atoms with E-state index in [4.69, 9.17) is 28.4 Å². The number of rotatable bonds is 9. The Morgan fingerprint density at radius 3 is 2.48 bits per heavy atom. The first-order valence-electron chi connectivity index (χ1n) is 10.8. The van der Waals surface area contributed by atoms with E-state index in [1.165, 1.54) is 6.92 Å². The van der Waals surface area contributed by atoms with Crippen molar-refractivity contribution in [2.75, 3.05) is 20.0 Å². The van der Waals surface area contributed by atoms with E-state index < -0.39 is 18.3 Å². The van der Waals surface area contributed by atoms with Gasteiger partial charge in [0.05, 0.1) is 31.0 Å². The second-order valence-corrected chi connectivity index (χ2v) is 8.02. The van der Waals surface area contributed by atoms with Crippen molar-refractivity contribution in [1.29, 1.82) is 0 Å². The predicted octanol–water partition coefficient (Wildman–Crippen LogP) is 2.74. The van der Waals surface area contributed by atoms with E-state index in [2.05, 4.69) is 0 Å². The van der Waals surface area contributed by atoms with Gasteiger partial charge in [-0.3, -0.25) is 4.79 Å². The molecule has 2 aliphatic heterocycles. The molecule has 0 N–H and O–H groups in total. The van der Waals surface area contributed by atoms with E-state index in [1.54, 1.807) is 24.3 Å². The maximum atomic E-state index is 12.5. The molecule has 2 fully saturated rings. The normalized spacial score (nSPS) is 32.7. The summed E-state index contributed by atoms with van der Waals surface area (Å²) >= 11 is 0. The van der Waals surface area contributed by atoms with Crippen molar-refractivity contribution in [3.8, 4) is 0 Å². The summed E-state index contributed by atoms with van der Waals surface area (Å²) in [5, 5.41) is 0. The maximum absolute atomic E-state index is 12.5. The first-order chi connectivity index (χ1) is 14.9. The van der Waals surface area contributed by atoms with E-state index >= 15 is 0 Å². The molecule has 0 saturated carbocycles. The fourth-order valence-electron chi connectivity index (χ4n) is 3.95. The number of benzene rings is 1. The van der Waals surface area contributed by atoms with Crippen molar-refractivity contribution in [3.63, 3.8) is 0 Å². The number of carbonyl (C=O) groups is 2. The molecule has 0 aliphatic carbocycles. The van der Waals surface area contributed by atoms with Crippen molar-refractivity contribution in [3.05, 3.63) is 35.9 Å². The van der Waals surface area contributed by atoms with Crippen LogP contribution in [0.15, 0.2) is 30.3 Å². The van der Waals surface area contributed by atoms with E-state index in [0.717, 1.165) is 6.42 Å². The van der Waals surface area contributed by atoms with Crippen LogP contribution in [0.1, 0.15) is 44.5 Å². The zero-order chi connectivity index (χ0) is 22.4. The Morgan fingerprint density at radius 2 is 1.81 bits per heavy atom. The molecule has 0 radical (unpaired) electrons. The smallest absolute Gasteiger partial charge is 0.338 e. The Morgan fingerprint density at radius 1 is 1.06 bits per heavy atom. The lowest BCUT2D eigenvalue weighted by Gasteiger charge is -2.23. The van der Waals surface area contributed by atoms with Crippen LogP contribution in [-0.2, 0) is 33.2 Å². The summed E-state index contributed by atoms with van der Waals surface area (Å²) < 4.78 is 34.2. The van der Waals surface area contributed by atoms with Crippen molar-refractivity contribution >= 4 is 11.9 Å². The molecule has 1 aromatic rings. The van der Waals surface area contributed by atoms with Gasteiger partial charge in [0.2, 0.25) is 0 Å². The van der Waals surface area contributed by atoms with Gasteiger partial charge in [-0.2, -0.15) is 0 Å². The second-order valence-electron chi connectivity index (χ2n) is 8.02. The Kier molecular flexibility index (Phi) is 8.43. The van der Waals surface area contributed by atoms with Crippen LogP contribution < -0.4 is 0 Å². The molecule has 2 aliphatic rings. The third-order valence-corrected chi connectivity index (χ3v) is 5.83. The lowest BCUT2D eigenvalue weighted by molar-refractivity contribution is -0.165. The fraction of sp³-hybridized carbons (Fsp3) is 0.652. The van der Waals surface area contributed by atoms with E-state index in [1.807, 2.05) is 26.8 Å². The molecule has 0 bridgehead atoms. The van der Waals surface area contributed by atoms with E-state index in [0.29, 0.717) is 12.2 Å². The Labute approximate surface area is 183 Å². The molecule has 3 rings (SSSR count). The molecular formula is C23H32O8. The molecule has 0 spiro atoms. The second kappa shape index (κ2) is 11.0. The molecule has 31 heavy (non-hydrogen) atoms. The SMILES string of the molecule is CC[C@H]1OCC(OCOC[C@H]2O[C@@H](C)C(C)[C@H]2OC(=O)c2ccccc2)[C@H]1OC(C)=O. The van der Waals surface area contributed by atoms with Gasteiger partial charge in [-0.25, -0.2) is 4.79 Å². The first kappa shape index (κ1) is 23.7. The van der Waals surface area contributed by atoms with Gasteiger partial charge in [0, 0.05) is 12.8 Å². The average Bonchev–Trinajstić information content (AvgIpc) is 3.26. The maximum Gasteiger partial charge on any atom is 0.338 e. The standard InChI is InChI=1S/C23H32O8/c1-5-18-22(30-16(4)24)19(12-27-18)28-13-26-11-20-21(14(2)15(3)29-20)31-23(25)17-9-7-6-8-10-17/h6-10,14-15,18-22H,5,11-13H2,1-4H3/t14?,15-,18+,19?,20+,21+,22-/m0/s1. The van der Waals surface area contributed by atoms with Crippen molar-refractivity contribution in [2.45, 2.75) is 70.7 Å². The molecule has 7 atom stereocenters. The molecule has 0 aromatic heterocycles. The largest absolute Gasteiger partial charge is 0.457 e. The van der Waals surface area contributed by atoms with E-state index in [-0.39, 0.29) is 49.6 Å². The highest BCUT2D eigenvalue weighted by Crippen LogP contribution is 2.30. The van der Waals surface area contributed by atoms with Crippen LogP contribution in [0.5, 0.6) is 0 Å². The van der Waals surface area contributed by atoms with Crippen LogP contribution >= 0.6 is 0 Å². The van der Waals surface area contributed by atoms with Crippen molar-refractivity contribution in [2.24, 2.45) is 5.92 Å². The van der Waals surface area contributed by atoms with Crippen LogP contribution in [0, 0.1) is 5.92 Å². The Balaban J connectivity index is 1.49. The predicted molar refractivity (Wildman–Crippen MR) is 110 cm³/mol. The van der Waals surface area contributed by atoms with Crippen molar-refractivity contribution in [1.82, 2.24) is 0 Å². The zero-order valence-electron chi connectivity index (χ0n) is 18.5. The average molecular weight is 437 g/mol. The van der Waals surface area contributed by atoms with E-state index in [9.17, 15) is 9.59 Å². The summed E-state index contributed by atoms with van der Waals surface area (Å²) in [5.74, 6) is -0.715. The van der Waals surface area contributed by atoms with Crippen LogP contribution in [0.3, 0.4) is 0 Å². The number of hydrogen-bond donors (Lipinski definition) is 0. The highest BCUT2D eigenvalue weighted by molar-refractivity contribution is 5.89. The fourth-order valence-corrected chi connectivity index (χ4v) is 3.95. The summed E-state index contributed by atoms with van der Waals surface area (Å²) in [6, 6.07) is 8.88. The lowest BCUT2D eigenvalue weighted by atomic mass is 9.99. The summed E-state index contributed by atoms with van der Waals surface area (Å²) in [6.45, 7) is 7.83. The molecular weight excluding hydrogens is 404 g/mol. The first-order valence-corrected chi connectivity index (χ1v) is 10.8. The van der Waals surface area contributed by atoms with Gasteiger partial charge < -0.3 is 28.4 Å². The topological polar surface area (TPSA) is 89.5 Å². The monoisotopic (exact) mass is 436 g/mol. The molecule has 2 heterocycles. The van der Waals surface area contributed by atoms with Gasteiger partial charge in [0.15, 0.2) is 6.10 Å². The summed E-state index contributed by atoms with van der Waals surface area (Å²) in [7, 11) is 0. The third kappa shape index (κ3) is 6.04. The molecule has 1 aromatic carbocycles. The number of hydrogen-bond acceptors (Lipinski definition) is 8. The van der Waals surface area contributed by atoms with Crippen LogP contribution in [0.25, 0.3) is 0 Å². The number of ether oxygens (including phenoxy) is 6. The molecule has 172 valence electrons. The minimum absolute atomic E-state index is 0.00972. The van der Waals surface area contributed by atoms with Crippen molar-refractivity contribution < 1.29 is 38.0 Å². The van der Waals surface area contributed by atoms with Crippen LogP contribution in [-0.4, -0.2) is 68.6 Å². The minimum Gasteiger partial charge on any atom is -0.457 e. The highest BCUT2D eigenvalue weighted by Gasteiger charge is 2.43. The van der Waals surface area contributed by atoms with Crippen LogP contribution in [0.2, 0.25) is 0 Å². The molecule has 2 saturated heterocycles. The number of esters is 2. The van der Waals surface area contributed by atoms with Gasteiger partial charge >= 0.3 is 11.9 Å². The third-order valence-electron chi connectivity index (χ3n) is 5.83. The van der Waals surface area contributed by atoms with Gasteiger partial charge in [-0.1, -0.05) is 32.0 Å².